The second-order valence-electron chi connectivity index (χ2n) is 6.37. The van der Waals surface area contributed by atoms with Crippen LogP contribution in [0.25, 0.3) is 22.0 Å². The number of carbonyl (C=O) groups is 1. The number of nitrogens with one attached hydrogen (secondary N) is 1. The number of nitrogens with zero attached hydrogens (tertiary/aromatic N) is 3. The number of carbonyl (C=O) groups excluding carboxylic acids is 1. The number of imidazole rings is 1. The molecule has 4 aromatic rings. The van der Waals surface area contributed by atoms with Crippen molar-refractivity contribution in [2.24, 2.45) is 0 Å². The van der Waals surface area contributed by atoms with Gasteiger partial charge in [0.15, 0.2) is 5.82 Å². The van der Waals surface area contributed by atoms with E-state index in [-0.39, 0.29) is 27.1 Å². The van der Waals surface area contributed by atoms with Crippen LogP contribution in [0.5, 0.6) is 0 Å². The fourth-order valence-corrected chi connectivity index (χ4v) is 4.06. The minimum absolute atomic E-state index is 0.113. The first kappa shape index (κ1) is 21.9. The SMILES string of the molecule is O=C(c1c(F)cccc1F)N(Cl)c1nc(-c2ncc[nH]2)c(-c2cccc(C(F)(F)F)c2)s1. The Bertz CT molecular complexity index is 1270. The first-order valence-corrected chi connectivity index (χ1v) is 9.94. The zero-order valence-corrected chi connectivity index (χ0v) is 17.2. The maximum absolute atomic E-state index is 14.0. The number of hydrogen-bond donors (Lipinski definition) is 1. The molecule has 2 heterocycles. The standard InChI is InChI=1S/C20H10ClF5N4OS/c21-30(18(31)14-12(22)5-2-6-13(14)23)19-29-15(17-27-7-8-28-17)16(32-19)10-3-1-4-11(9-10)20(24,25)26/h1-9H,(H,27,28). The van der Waals surface area contributed by atoms with Crippen molar-refractivity contribution in [2.45, 2.75) is 6.18 Å². The number of H-pyrrole nitrogens is 1. The number of rotatable bonds is 4. The van der Waals surface area contributed by atoms with Crippen LogP contribution in [0.2, 0.25) is 0 Å². The van der Waals surface area contributed by atoms with Gasteiger partial charge in [0.1, 0.15) is 22.9 Å². The topological polar surface area (TPSA) is 61.9 Å². The number of aromatic amines is 1. The van der Waals surface area contributed by atoms with Crippen LogP contribution < -0.4 is 4.42 Å². The molecule has 1 amide bonds. The van der Waals surface area contributed by atoms with Gasteiger partial charge < -0.3 is 4.98 Å². The smallest absolute Gasteiger partial charge is 0.343 e. The van der Waals surface area contributed by atoms with Gasteiger partial charge in [0.05, 0.1) is 10.4 Å². The summed E-state index contributed by atoms with van der Waals surface area (Å²) < 4.78 is 68.0. The van der Waals surface area contributed by atoms with E-state index >= 15 is 0 Å². The summed E-state index contributed by atoms with van der Waals surface area (Å²) in [6.07, 6.45) is -1.70. The number of benzene rings is 2. The van der Waals surface area contributed by atoms with Crippen LogP contribution in [0.4, 0.5) is 27.1 Å². The quantitative estimate of drug-likeness (QED) is 0.273. The van der Waals surface area contributed by atoms with Gasteiger partial charge >= 0.3 is 6.18 Å². The number of hydrogen-bond acceptors (Lipinski definition) is 4. The van der Waals surface area contributed by atoms with Crippen molar-refractivity contribution in [1.82, 2.24) is 15.0 Å². The third-order valence-electron chi connectivity index (χ3n) is 4.31. The number of aromatic nitrogens is 3. The van der Waals surface area contributed by atoms with E-state index in [0.717, 1.165) is 41.7 Å². The minimum atomic E-state index is -4.58. The third-order valence-corrected chi connectivity index (χ3v) is 5.82. The highest BCUT2D eigenvalue weighted by Gasteiger charge is 2.32. The number of thiazole rings is 1. The molecule has 0 saturated heterocycles. The minimum Gasteiger partial charge on any atom is -0.343 e. The van der Waals surface area contributed by atoms with Crippen LogP contribution in [-0.2, 0) is 6.18 Å². The Hall–Kier alpha value is -3.31. The molecule has 0 aliphatic rings. The average Bonchev–Trinajstić information content (AvgIpc) is 3.42. The summed E-state index contributed by atoms with van der Waals surface area (Å²) in [5, 5.41) is -0.210. The fraction of sp³-hybridized carbons (Fsp3) is 0.0500. The zero-order valence-electron chi connectivity index (χ0n) is 15.6. The van der Waals surface area contributed by atoms with E-state index in [1.165, 1.54) is 24.5 Å². The lowest BCUT2D eigenvalue weighted by Crippen LogP contribution is -2.23. The number of halogens is 6. The molecule has 0 aliphatic heterocycles. The van der Waals surface area contributed by atoms with Gasteiger partial charge in [0.25, 0.3) is 5.91 Å². The van der Waals surface area contributed by atoms with Crippen molar-refractivity contribution in [1.29, 1.82) is 0 Å². The molecule has 4 rings (SSSR count). The zero-order chi connectivity index (χ0) is 23.0. The predicted molar refractivity (Wildman–Crippen MR) is 109 cm³/mol. The van der Waals surface area contributed by atoms with E-state index in [9.17, 15) is 26.7 Å². The van der Waals surface area contributed by atoms with Gasteiger partial charge in [-0.05, 0) is 29.8 Å². The molecule has 164 valence electrons. The summed E-state index contributed by atoms with van der Waals surface area (Å²) in [5.41, 5.74) is -1.52. The molecule has 0 spiro atoms. The molecule has 0 bridgehead atoms. The molecule has 0 aliphatic carbocycles. The molecule has 0 atom stereocenters. The molecular formula is C20H10ClF5N4OS. The third kappa shape index (κ3) is 4.08. The Morgan fingerprint density at radius 3 is 2.41 bits per heavy atom. The second kappa shape index (κ2) is 8.32. The maximum atomic E-state index is 14.0. The molecular weight excluding hydrogens is 475 g/mol. The lowest BCUT2D eigenvalue weighted by Gasteiger charge is -2.11. The number of amides is 1. The maximum Gasteiger partial charge on any atom is 0.416 e. The highest BCUT2D eigenvalue weighted by molar-refractivity contribution is 7.20. The molecule has 1 N–H and O–H groups in total. The van der Waals surface area contributed by atoms with Crippen molar-refractivity contribution >= 4 is 34.2 Å². The summed E-state index contributed by atoms with van der Waals surface area (Å²) in [7, 11) is 0. The summed E-state index contributed by atoms with van der Waals surface area (Å²) in [6.45, 7) is 0. The highest BCUT2D eigenvalue weighted by Crippen LogP contribution is 2.42. The van der Waals surface area contributed by atoms with E-state index in [4.69, 9.17) is 11.8 Å². The van der Waals surface area contributed by atoms with E-state index in [2.05, 4.69) is 15.0 Å². The molecule has 0 radical (unpaired) electrons. The molecule has 32 heavy (non-hydrogen) atoms. The van der Waals surface area contributed by atoms with Gasteiger partial charge in [-0.2, -0.15) is 17.6 Å². The Kier molecular flexibility index (Phi) is 5.70. The molecule has 2 aromatic carbocycles. The van der Waals surface area contributed by atoms with Crippen molar-refractivity contribution in [3.8, 4) is 22.0 Å². The first-order chi connectivity index (χ1) is 15.2. The molecule has 0 unspecified atom stereocenters. The van der Waals surface area contributed by atoms with Crippen LogP contribution >= 0.6 is 23.1 Å². The lowest BCUT2D eigenvalue weighted by atomic mass is 10.1. The summed E-state index contributed by atoms with van der Waals surface area (Å²) >= 11 is 6.82. The Balaban J connectivity index is 1.82. The average molecular weight is 485 g/mol. The van der Waals surface area contributed by atoms with E-state index in [0.29, 0.717) is 4.42 Å². The Labute approximate surface area is 186 Å². The van der Waals surface area contributed by atoms with Gasteiger partial charge in [-0.15, -0.1) is 0 Å². The van der Waals surface area contributed by atoms with Crippen molar-refractivity contribution in [3.63, 3.8) is 0 Å². The molecule has 12 heteroatoms. The van der Waals surface area contributed by atoms with Gasteiger partial charge in [-0.25, -0.2) is 18.7 Å². The first-order valence-electron chi connectivity index (χ1n) is 8.79. The summed E-state index contributed by atoms with van der Waals surface area (Å²) in [6, 6.07) is 7.36. The number of alkyl halides is 3. The molecule has 5 nitrogen and oxygen atoms in total. The normalized spacial score (nSPS) is 11.6. The van der Waals surface area contributed by atoms with Gasteiger partial charge in [-0.3, -0.25) is 4.79 Å². The van der Waals surface area contributed by atoms with Crippen molar-refractivity contribution in [3.05, 3.63) is 77.6 Å². The Morgan fingerprint density at radius 1 is 1.09 bits per heavy atom. The Morgan fingerprint density at radius 2 is 1.78 bits per heavy atom. The van der Waals surface area contributed by atoms with E-state index < -0.39 is 34.8 Å². The summed E-state index contributed by atoms with van der Waals surface area (Å²) in [4.78, 5) is 23.9. The highest BCUT2D eigenvalue weighted by atomic mass is 35.5. The predicted octanol–water partition coefficient (Wildman–Crippen LogP) is 6.30. The molecule has 2 aromatic heterocycles. The number of anilines is 1. The van der Waals surface area contributed by atoms with E-state index in [1.54, 1.807) is 0 Å². The monoisotopic (exact) mass is 484 g/mol. The van der Waals surface area contributed by atoms with E-state index in [1.807, 2.05) is 0 Å². The molecule has 0 saturated carbocycles. The van der Waals surface area contributed by atoms with Crippen molar-refractivity contribution < 1.29 is 26.7 Å². The second-order valence-corrected chi connectivity index (χ2v) is 7.69. The summed E-state index contributed by atoms with van der Waals surface area (Å²) in [5.74, 6) is -3.27. The lowest BCUT2D eigenvalue weighted by molar-refractivity contribution is -0.137. The van der Waals surface area contributed by atoms with Crippen LogP contribution in [0, 0.1) is 11.6 Å². The van der Waals surface area contributed by atoms with Crippen molar-refractivity contribution in [2.75, 3.05) is 4.42 Å². The van der Waals surface area contributed by atoms with Crippen LogP contribution in [0.1, 0.15) is 15.9 Å². The van der Waals surface area contributed by atoms with Gasteiger partial charge in [0.2, 0.25) is 5.13 Å². The molecule has 0 fully saturated rings. The van der Waals surface area contributed by atoms with Gasteiger partial charge in [-0.1, -0.05) is 29.5 Å². The largest absolute Gasteiger partial charge is 0.416 e. The van der Waals surface area contributed by atoms with Crippen LogP contribution in [0.15, 0.2) is 54.9 Å². The van der Waals surface area contributed by atoms with Gasteiger partial charge in [0, 0.05) is 24.2 Å². The van der Waals surface area contributed by atoms with Crippen LogP contribution in [-0.4, -0.2) is 20.9 Å². The van der Waals surface area contributed by atoms with Crippen LogP contribution in [0.3, 0.4) is 0 Å². The fourth-order valence-electron chi connectivity index (χ4n) is 2.87.